The highest BCUT2D eigenvalue weighted by Gasteiger charge is 2.15. The molecule has 0 aliphatic heterocycles. The number of para-hydroxylation sites is 1. The second-order valence-corrected chi connectivity index (χ2v) is 7.83. The lowest BCUT2D eigenvalue weighted by atomic mass is 10.2. The maximum atomic E-state index is 5.95. The molecule has 7 heteroatoms. The van der Waals surface area contributed by atoms with Crippen LogP contribution in [-0.4, -0.2) is 21.9 Å². The van der Waals surface area contributed by atoms with Crippen LogP contribution in [-0.2, 0) is 12.4 Å². The van der Waals surface area contributed by atoms with Gasteiger partial charge in [-0.1, -0.05) is 53.7 Å². The van der Waals surface area contributed by atoms with E-state index in [0.29, 0.717) is 11.6 Å². The fourth-order valence-electron chi connectivity index (χ4n) is 2.87. The molecule has 0 fully saturated rings. The molecule has 4 rings (SSSR count). The van der Waals surface area contributed by atoms with Crippen molar-refractivity contribution in [2.45, 2.75) is 17.5 Å². The van der Waals surface area contributed by atoms with Gasteiger partial charge in [0, 0.05) is 16.5 Å². The van der Waals surface area contributed by atoms with Crippen LogP contribution in [0.15, 0.2) is 84.0 Å². The number of aromatic nitrogens is 3. The highest BCUT2D eigenvalue weighted by atomic mass is 35.5. The first-order valence-electron chi connectivity index (χ1n) is 9.37. The smallest absolute Gasteiger partial charge is 0.196 e. The third-order valence-electron chi connectivity index (χ3n) is 4.42. The lowest BCUT2D eigenvalue weighted by Gasteiger charge is -2.11. The van der Waals surface area contributed by atoms with Crippen molar-refractivity contribution in [3.8, 4) is 17.2 Å². The molecule has 0 amide bonds. The molecule has 152 valence electrons. The predicted molar refractivity (Wildman–Crippen MR) is 120 cm³/mol. The van der Waals surface area contributed by atoms with E-state index in [9.17, 15) is 0 Å². The lowest BCUT2D eigenvalue weighted by molar-refractivity contribution is 0.293. The third-order valence-corrected chi connectivity index (χ3v) is 5.68. The molecule has 0 bridgehead atoms. The Morgan fingerprint density at radius 2 is 1.57 bits per heavy atom. The fourth-order valence-corrected chi connectivity index (χ4v) is 3.92. The van der Waals surface area contributed by atoms with Gasteiger partial charge in [-0.15, -0.1) is 10.2 Å². The van der Waals surface area contributed by atoms with Crippen molar-refractivity contribution in [3.63, 3.8) is 0 Å². The number of thioether (sulfide) groups is 1. The monoisotopic (exact) mass is 437 g/mol. The van der Waals surface area contributed by atoms with Gasteiger partial charge in [-0.05, 0) is 54.1 Å². The van der Waals surface area contributed by atoms with Crippen LogP contribution in [0.4, 0.5) is 0 Å². The SMILES string of the molecule is COc1ccc(CSc2nnc(COc3ccc(Cl)cc3)n2-c2ccccc2)cc1. The predicted octanol–water partition coefficient (Wildman–Crippen LogP) is 5.80. The largest absolute Gasteiger partial charge is 0.497 e. The summed E-state index contributed by atoms with van der Waals surface area (Å²) in [7, 11) is 1.67. The Kier molecular flexibility index (Phi) is 6.57. The average molecular weight is 438 g/mol. The molecular formula is C23H20ClN3O2S. The number of hydrogen-bond donors (Lipinski definition) is 0. The molecule has 30 heavy (non-hydrogen) atoms. The number of methoxy groups -OCH3 is 1. The van der Waals surface area contributed by atoms with Gasteiger partial charge in [-0.25, -0.2) is 0 Å². The van der Waals surface area contributed by atoms with Crippen molar-refractivity contribution >= 4 is 23.4 Å². The Hall–Kier alpha value is -2.96. The summed E-state index contributed by atoms with van der Waals surface area (Å²) < 4.78 is 13.2. The number of benzene rings is 3. The summed E-state index contributed by atoms with van der Waals surface area (Å²) in [5, 5.41) is 10.3. The molecule has 0 aliphatic carbocycles. The van der Waals surface area contributed by atoms with Crippen molar-refractivity contribution in [3.05, 3.63) is 95.3 Å². The van der Waals surface area contributed by atoms with Crippen LogP contribution in [0, 0.1) is 0 Å². The van der Waals surface area contributed by atoms with Crippen molar-refractivity contribution < 1.29 is 9.47 Å². The van der Waals surface area contributed by atoms with Gasteiger partial charge in [0.2, 0.25) is 0 Å². The van der Waals surface area contributed by atoms with Crippen molar-refractivity contribution in [1.82, 2.24) is 14.8 Å². The number of hydrogen-bond acceptors (Lipinski definition) is 5. The maximum absolute atomic E-state index is 5.95. The van der Waals surface area contributed by atoms with Gasteiger partial charge in [-0.2, -0.15) is 0 Å². The Labute approximate surface area is 184 Å². The summed E-state index contributed by atoms with van der Waals surface area (Å²) in [5.74, 6) is 3.08. The minimum Gasteiger partial charge on any atom is -0.497 e. The van der Waals surface area contributed by atoms with Gasteiger partial charge in [0.25, 0.3) is 0 Å². The van der Waals surface area contributed by atoms with Crippen molar-refractivity contribution in [2.24, 2.45) is 0 Å². The molecule has 0 N–H and O–H groups in total. The van der Waals surface area contributed by atoms with E-state index < -0.39 is 0 Å². The molecule has 0 unspecified atom stereocenters. The van der Waals surface area contributed by atoms with E-state index in [-0.39, 0.29) is 0 Å². The van der Waals surface area contributed by atoms with Crippen molar-refractivity contribution in [1.29, 1.82) is 0 Å². The van der Waals surface area contributed by atoms with Gasteiger partial charge >= 0.3 is 0 Å². The highest BCUT2D eigenvalue weighted by Crippen LogP contribution is 2.27. The summed E-state index contributed by atoms with van der Waals surface area (Å²) in [6, 6.07) is 25.4. The number of nitrogens with zero attached hydrogens (tertiary/aromatic N) is 3. The van der Waals surface area contributed by atoms with E-state index in [4.69, 9.17) is 21.1 Å². The average Bonchev–Trinajstić information content (AvgIpc) is 3.21. The van der Waals surface area contributed by atoms with Gasteiger partial charge in [-0.3, -0.25) is 4.57 Å². The Morgan fingerprint density at radius 1 is 0.867 bits per heavy atom. The molecule has 0 saturated heterocycles. The molecule has 0 spiro atoms. The lowest BCUT2D eigenvalue weighted by Crippen LogP contribution is -2.06. The van der Waals surface area contributed by atoms with Crippen LogP contribution in [0.2, 0.25) is 5.02 Å². The van der Waals surface area contributed by atoms with Crippen LogP contribution in [0.25, 0.3) is 5.69 Å². The molecule has 1 heterocycles. The van der Waals surface area contributed by atoms with E-state index in [1.165, 1.54) is 5.56 Å². The maximum Gasteiger partial charge on any atom is 0.196 e. The second-order valence-electron chi connectivity index (χ2n) is 6.45. The van der Waals surface area contributed by atoms with E-state index in [0.717, 1.165) is 33.9 Å². The minimum absolute atomic E-state index is 0.298. The Balaban J connectivity index is 1.54. The molecule has 1 aromatic heterocycles. The second kappa shape index (κ2) is 9.69. The van der Waals surface area contributed by atoms with Crippen LogP contribution in [0.5, 0.6) is 11.5 Å². The molecule has 5 nitrogen and oxygen atoms in total. The summed E-state index contributed by atoms with van der Waals surface area (Å²) in [6.45, 7) is 0.298. The first kappa shape index (κ1) is 20.3. The van der Waals surface area contributed by atoms with Gasteiger partial charge in [0.1, 0.15) is 18.1 Å². The molecule has 0 aliphatic rings. The van der Waals surface area contributed by atoms with Crippen molar-refractivity contribution in [2.75, 3.05) is 7.11 Å². The number of halogens is 1. The Bertz CT molecular complexity index is 1080. The highest BCUT2D eigenvalue weighted by molar-refractivity contribution is 7.98. The zero-order chi connectivity index (χ0) is 20.8. The van der Waals surface area contributed by atoms with Crippen LogP contribution >= 0.6 is 23.4 Å². The van der Waals surface area contributed by atoms with E-state index in [1.807, 2.05) is 59.2 Å². The molecular weight excluding hydrogens is 418 g/mol. The summed E-state index contributed by atoms with van der Waals surface area (Å²) >= 11 is 7.58. The van der Waals surface area contributed by atoms with Crippen LogP contribution < -0.4 is 9.47 Å². The summed E-state index contributed by atoms with van der Waals surface area (Å²) in [4.78, 5) is 0. The fraction of sp³-hybridized carbons (Fsp3) is 0.130. The normalized spacial score (nSPS) is 10.7. The van der Waals surface area contributed by atoms with Gasteiger partial charge < -0.3 is 9.47 Å². The quantitative estimate of drug-likeness (QED) is 0.326. The van der Waals surface area contributed by atoms with E-state index in [1.54, 1.807) is 31.0 Å². The molecule has 3 aromatic carbocycles. The standard InChI is InChI=1S/C23H20ClN3O2S/c1-28-20-11-7-17(8-12-20)16-30-23-26-25-22(27(23)19-5-3-2-4-6-19)15-29-21-13-9-18(24)10-14-21/h2-14H,15-16H2,1H3. The van der Waals surface area contributed by atoms with E-state index >= 15 is 0 Å². The molecule has 0 saturated carbocycles. The first-order chi connectivity index (χ1) is 14.7. The first-order valence-corrected chi connectivity index (χ1v) is 10.7. The summed E-state index contributed by atoms with van der Waals surface area (Å²) in [6.07, 6.45) is 0. The molecule has 4 aromatic rings. The number of rotatable bonds is 8. The Morgan fingerprint density at radius 3 is 2.27 bits per heavy atom. The minimum atomic E-state index is 0.298. The summed E-state index contributed by atoms with van der Waals surface area (Å²) in [5.41, 5.74) is 2.18. The molecule has 0 atom stereocenters. The van der Waals surface area contributed by atoms with Crippen LogP contribution in [0.3, 0.4) is 0 Å². The zero-order valence-electron chi connectivity index (χ0n) is 16.4. The van der Waals surface area contributed by atoms with Crippen LogP contribution in [0.1, 0.15) is 11.4 Å². The van der Waals surface area contributed by atoms with Gasteiger partial charge in [0.05, 0.1) is 7.11 Å². The number of ether oxygens (including phenoxy) is 2. The third kappa shape index (κ3) is 4.96. The van der Waals surface area contributed by atoms with E-state index in [2.05, 4.69) is 22.3 Å². The van der Waals surface area contributed by atoms with Gasteiger partial charge in [0.15, 0.2) is 11.0 Å². The zero-order valence-corrected chi connectivity index (χ0v) is 17.9. The molecule has 0 radical (unpaired) electrons. The topological polar surface area (TPSA) is 49.2 Å².